The van der Waals surface area contributed by atoms with Crippen LogP contribution in [-0.4, -0.2) is 50.8 Å². The van der Waals surface area contributed by atoms with Gasteiger partial charge in [-0.3, -0.25) is 9.69 Å². The van der Waals surface area contributed by atoms with Crippen LogP contribution in [0.1, 0.15) is 65.8 Å². The van der Waals surface area contributed by atoms with E-state index in [9.17, 15) is 24.2 Å². The van der Waals surface area contributed by atoms with Gasteiger partial charge in [-0.25, -0.2) is 14.2 Å². The van der Waals surface area contributed by atoms with E-state index < -0.39 is 12.1 Å². The van der Waals surface area contributed by atoms with Crippen molar-refractivity contribution in [2.24, 2.45) is 0 Å². The molecule has 3 aromatic rings. The molecule has 36 heavy (non-hydrogen) atoms. The molecule has 0 bridgehead atoms. The Bertz CT molecular complexity index is 1460. The number of carbonyl (C=O) groups is 1. The van der Waals surface area contributed by atoms with Crippen LogP contribution in [-0.2, 0) is 29.1 Å². The first kappa shape index (κ1) is 24.5. The van der Waals surface area contributed by atoms with Crippen LogP contribution in [0.5, 0.6) is 0 Å². The molecule has 2 atom stereocenters. The highest BCUT2D eigenvalue weighted by Gasteiger charge is 2.37. The van der Waals surface area contributed by atoms with Gasteiger partial charge >= 0.3 is 5.97 Å². The van der Waals surface area contributed by atoms with Crippen molar-refractivity contribution < 1.29 is 24.1 Å². The minimum Gasteiger partial charge on any atom is -0.458 e. The Labute approximate surface area is 208 Å². The average Bonchev–Trinajstić information content (AvgIpc) is 3.25. The van der Waals surface area contributed by atoms with E-state index in [-0.39, 0.29) is 41.8 Å². The van der Waals surface area contributed by atoms with Crippen molar-refractivity contribution in [2.75, 3.05) is 20.2 Å². The molecule has 0 amide bonds. The number of nitrogens with zero attached hydrogens (tertiary/aromatic N) is 3. The van der Waals surface area contributed by atoms with Crippen molar-refractivity contribution in [1.82, 2.24) is 14.5 Å². The van der Waals surface area contributed by atoms with Crippen molar-refractivity contribution >= 4 is 16.9 Å². The number of aliphatic hydroxyl groups excluding tert-OH is 2. The van der Waals surface area contributed by atoms with Gasteiger partial charge in [-0.15, -0.1) is 0 Å². The summed E-state index contributed by atoms with van der Waals surface area (Å²) in [5, 5.41) is 20.9. The molecule has 0 saturated heterocycles. The van der Waals surface area contributed by atoms with E-state index in [1.807, 2.05) is 20.9 Å². The van der Waals surface area contributed by atoms with Gasteiger partial charge in [0.1, 0.15) is 12.4 Å². The Morgan fingerprint density at radius 1 is 1.22 bits per heavy atom. The summed E-state index contributed by atoms with van der Waals surface area (Å²) < 4.78 is 21.4. The van der Waals surface area contributed by atoms with Crippen molar-refractivity contribution in [3.63, 3.8) is 0 Å². The second-order valence-electron chi connectivity index (χ2n) is 9.33. The van der Waals surface area contributed by atoms with Gasteiger partial charge in [-0.05, 0) is 49.6 Å². The van der Waals surface area contributed by atoms with Crippen LogP contribution >= 0.6 is 0 Å². The molecule has 0 spiro atoms. The van der Waals surface area contributed by atoms with Crippen LogP contribution in [0.15, 0.2) is 16.9 Å². The number of likely N-dealkylation sites (N-methyl/N-ethyl adjacent to an activating group) is 1. The number of halogens is 1. The largest absolute Gasteiger partial charge is 0.458 e. The third kappa shape index (κ3) is 3.41. The lowest BCUT2D eigenvalue weighted by molar-refractivity contribution is -0.157. The maximum absolute atomic E-state index is 14.8. The van der Waals surface area contributed by atoms with E-state index in [1.54, 1.807) is 17.6 Å². The Morgan fingerprint density at radius 3 is 2.69 bits per heavy atom. The minimum atomic E-state index is -1.53. The smallest absolute Gasteiger partial charge is 0.340 e. The van der Waals surface area contributed by atoms with Gasteiger partial charge in [0.15, 0.2) is 6.10 Å². The maximum atomic E-state index is 14.8. The van der Waals surface area contributed by atoms with Gasteiger partial charge < -0.3 is 19.5 Å². The number of rotatable bonds is 3. The van der Waals surface area contributed by atoms with Crippen molar-refractivity contribution in [3.05, 3.63) is 61.7 Å². The van der Waals surface area contributed by atoms with Crippen LogP contribution in [0.25, 0.3) is 22.3 Å². The van der Waals surface area contributed by atoms with Crippen molar-refractivity contribution in [3.8, 4) is 11.4 Å². The standard InChI is InChI=1S/C25H24FN3O5.C2H6/c1-11-12-3-4-18(28(2)5-6-30)21-14-9-29-19(22(14)27-17(20(12)21)8-16(11)26)7-13-15(24(29)32)10-34-25(33)23(13)31;1-2/h7-8,18,23,30-31H,3-6,9-10H2,1-2H3;1-2H3. The fraction of sp³-hybridized carbons (Fsp3) is 0.444. The molecule has 2 aliphatic heterocycles. The molecule has 2 N–H and O–H groups in total. The number of ether oxygens (including phenoxy) is 1. The van der Waals surface area contributed by atoms with Crippen molar-refractivity contribution in [1.29, 1.82) is 0 Å². The topological polar surface area (TPSA) is 105 Å². The number of esters is 1. The van der Waals surface area contributed by atoms with Gasteiger partial charge in [0.2, 0.25) is 0 Å². The molecule has 4 heterocycles. The number of aryl methyl sites for hydroxylation is 1. The molecule has 2 unspecified atom stereocenters. The molecule has 2 aromatic heterocycles. The molecule has 3 aliphatic rings. The van der Waals surface area contributed by atoms with Gasteiger partial charge in [0.25, 0.3) is 5.56 Å². The van der Waals surface area contributed by atoms with Crippen LogP contribution < -0.4 is 5.56 Å². The molecule has 1 aliphatic carbocycles. The predicted octanol–water partition coefficient (Wildman–Crippen LogP) is 2.90. The maximum Gasteiger partial charge on any atom is 0.340 e. The zero-order valence-electron chi connectivity index (χ0n) is 20.9. The Morgan fingerprint density at radius 2 is 1.97 bits per heavy atom. The Kier molecular flexibility index (Phi) is 6.18. The highest BCUT2D eigenvalue weighted by Crippen LogP contribution is 2.46. The summed E-state index contributed by atoms with van der Waals surface area (Å²) in [5.41, 5.74) is 5.20. The van der Waals surface area contributed by atoms with E-state index >= 15 is 0 Å². The summed E-state index contributed by atoms with van der Waals surface area (Å²) in [5.74, 6) is -1.11. The Hall–Kier alpha value is -3.14. The number of fused-ring (bicyclic) bond motifs is 5. The van der Waals surface area contributed by atoms with Gasteiger partial charge in [-0.1, -0.05) is 13.8 Å². The lowest BCUT2D eigenvalue weighted by atomic mass is 9.81. The van der Waals surface area contributed by atoms with E-state index in [0.717, 1.165) is 28.5 Å². The first-order valence-corrected chi connectivity index (χ1v) is 12.4. The second-order valence-corrected chi connectivity index (χ2v) is 9.33. The fourth-order valence-electron chi connectivity index (χ4n) is 5.83. The van der Waals surface area contributed by atoms with E-state index in [1.165, 1.54) is 6.07 Å². The lowest BCUT2D eigenvalue weighted by Crippen LogP contribution is -2.33. The van der Waals surface area contributed by atoms with E-state index in [2.05, 4.69) is 4.90 Å². The van der Waals surface area contributed by atoms with Crippen LogP contribution in [0.4, 0.5) is 4.39 Å². The first-order chi connectivity index (χ1) is 17.3. The number of aromatic nitrogens is 2. The summed E-state index contributed by atoms with van der Waals surface area (Å²) in [6.07, 6.45) is -0.0801. The monoisotopic (exact) mass is 495 g/mol. The zero-order chi connectivity index (χ0) is 25.9. The summed E-state index contributed by atoms with van der Waals surface area (Å²) in [4.78, 5) is 32.2. The number of hydrogen-bond donors (Lipinski definition) is 2. The summed E-state index contributed by atoms with van der Waals surface area (Å²) in [6, 6.07) is 3.05. The summed E-state index contributed by atoms with van der Waals surface area (Å²) in [7, 11) is 1.95. The number of benzene rings is 1. The molecule has 8 nitrogen and oxygen atoms in total. The fourth-order valence-corrected chi connectivity index (χ4v) is 5.83. The van der Waals surface area contributed by atoms with Crippen LogP contribution in [0, 0.1) is 12.7 Å². The molecule has 190 valence electrons. The highest BCUT2D eigenvalue weighted by atomic mass is 19.1. The van der Waals surface area contributed by atoms with Crippen LogP contribution in [0.2, 0.25) is 0 Å². The van der Waals surface area contributed by atoms with E-state index in [0.29, 0.717) is 42.0 Å². The number of cyclic esters (lactones) is 1. The molecule has 6 rings (SSSR count). The predicted molar refractivity (Wildman–Crippen MR) is 132 cm³/mol. The number of hydrogen-bond acceptors (Lipinski definition) is 7. The number of pyridine rings is 2. The SMILES string of the molecule is CC.Cc1c(F)cc2nc3c(c4c2c1CCC4N(C)CCO)Cn1c-3cc2c(c1=O)COC(=O)C2O. The van der Waals surface area contributed by atoms with Gasteiger partial charge in [-0.2, -0.15) is 0 Å². The quantitative estimate of drug-likeness (QED) is 0.421. The third-order valence-corrected chi connectivity index (χ3v) is 7.60. The van der Waals surface area contributed by atoms with Crippen molar-refractivity contribution in [2.45, 2.75) is 58.9 Å². The zero-order valence-corrected chi connectivity index (χ0v) is 20.9. The van der Waals surface area contributed by atoms with E-state index in [4.69, 9.17) is 9.72 Å². The molecule has 9 heteroatoms. The molecular formula is C27H30FN3O5. The molecule has 0 saturated carbocycles. The lowest BCUT2D eigenvalue weighted by Gasteiger charge is -2.35. The average molecular weight is 496 g/mol. The molecular weight excluding hydrogens is 465 g/mol. The Balaban J connectivity index is 0.00000130. The molecule has 1 aromatic carbocycles. The normalized spacial score (nSPS) is 19.4. The first-order valence-electron chi connectivity index (χ1n) is 12.4. The number of aliphatic hydroxyl groups is 2. The van der Waals surface area contributed by atoms with Gasteiger partial charge in [0.05, 0.1) is 35.6 Å². The summed E-state index contributed by atoms with van der Waals surface area (Å²) in [6.45, 7) is 6.38. The second kappa shape index (κ2) is 9.06. The van der Waals surface area contributed by atoms with Crippen LogP contribution in [0.3, 0.4) is 0 Å². The molecule has 0 radical (unpaired) electrons. The minimum absolute atomic E-state index is 0.0110. The highest BCUT2D eigenvalue weighted by molar-refractivity contribution is 5.93. The number of carbonyl (C=O) groups excluding carboxylic acids is 1. The summed E-state index contributed by atoms with van der Waals surface area (Å²) >= 11 is 0. The molecule has 0 fully saturated rings. The third-order valence-electron chi connectivity index (χ3n) is 7.60. The van der Waals surface area contributed by atoms with Gasteiger partial charge in [0, 0.05) is 35.2 Å².